The molecule has 0 radical (unpaired) electrons. The number of benzene rings is 2. The number of carboxylic acids is 1. The summed E-state index contributed by atoms with van der Waals surface area (Å²) in [5, 5.41) is 15.3. The van der Waals surface area contributed by atoms with Crippen LogP contribution in [0.3, 0.4) is 0 Å². The average Bonchev–Trinajstić information content (AvgIpc) is 2.81. The lowest BCUT2D eigenvalue weighted by Crippen LogP contribution is -2.31. The predicted octanol–water partition coefficient (Wildman–Crippen LogP) is 4.20. The number of carboxylic acid groups (broad SMARTS) is 1. The number of fused-ring (bicyclic) bond motifs is 2. The zero-order chi connectivity index (χ0) is 25.0. The van der Waals surface area contributed by atoms with Crippen molar-refractivity contribution < 1.29 is 14.3 Å². The lowest BCUT2D eigenvalue weighted by Gasteiger charge is -2.32. The summed E-state index contributed by atoms with van der Waals surface area (Å²) in [5.74, 6) is 0.771. The highest BCUT2D eigenvalue weighted by atomic mass is 16.4. The Hall–Kier alpha value is -3.54. The van der Waals surface area contributed by atoms with Gasteiger partial charge >= 0.3 is 0 Å². The van der Waals surface area contributed by atoms with Gasteiger partial charge in [-0.05, 0) is 74.4 Å². The Bertz CT molecular complexity index is 1270. The number of hydrogen-bond donors (Lipinski definition) is 2. The van der Waals surface area contributed by atoms with Crippen molar-refractivity contribution in [1.82, 2.24) is 4.58 Å². The van der Waals surface area contributed by atoms with Crippen LogP contribution in [-0.2, 0) is 10.2 Å². The third-order valence-corrected chi connectivity index (χ3v) is 6.72. The van der Waals surface area contributed by atoms with Gasteiger partial charge in [-0.1, -0.05) is 13.8 Å². The van der Waals surface area contributed by atoms with Crippen LogP contribution in [0.4, 0.5) is 11.4 Å². The Morgan fingerprint density at radius 3 is 2.60 bits per heavy atom. The van der Waals surface area contributed by atoms with E-state index >= 15 is 0 Å². The van der Waals surface area contributed by atoms with Crippen molar-refractivity contribution in [1.29, 1.82) is 0 Å². The quantitative estimate of drug-likeness (QED) is 0.276. The fraction of sp³-hybridized carbons (Fsp3) is 0.379. The molecule has 0 unspecified atom stereocenters. The maximum atomic E-state index is 10.6. The van der Waals surface area contributed by atoms with Gasteiger partial charge in [-0.3, -0.25) is 0 Å². The number of carbonyl (C=O) groups excluding carboxylic acids is 1. The molecule has 0 fully saturated rings. The van der Waals surface area contributed by atoms with E-state index in [4.69, 9.17) is 10.2 Å². The largest absolute Gasteiger partial charge is 0.550 e. The number of aliphatic carboxylic acids is 1. The zero-order valence-electron chi connectivity index (χ0n) is 20.9. The molecule has 1 heterocycles. The monoisotopic (exact) mass is 473 g/mol. The predicted molar refractivity (Wildman–Crippen MR) is 140 cm³/mol. The van der Waals surface area contributed by atoms with Gasteiger partial charge in [-0.15, -0.1) is 0 Å². The van der Waals surface area contributed by atoms with Crippen LogP contribution in [0.1, 0.15) is 64.2 Å². The Labute approximate surface area is 207 Å². The molecule has 0 spiro atoms. The molecule has 1 aliphatic heterocycles. The molecule has 3 aliphatic rings. The third-order valence-electron chi connectivity index (χ3n) is 6.72. The SMILES string of the molecule is CC[N+](CCCCCC(=O)[O-])=c1ccc2cc3c(oc-2c1)C=C(Nc1ccc(N)cc1)CC3(C)C. The number of hydrogen-bond acceptors (Lipinski definition) is 5. The van der Waals surface area contributed by atoms with E-state index in [9.17, 15) is 9.90 Å². The first-order valence-electron chi connectivity index (χ1n) is 12.4. The molecule has 0 atom stereocenters. The lowest BCUT2D eigenvalue weighted by atomic mass is 9.76. The Kier molecular flexibility index (Phi) is 7.29. The van der Waals surface area contributed by atoms with Gasteiger partial charge in [0.15, 0.2) is 0 Å². The summed E-state index contributed by atoms with van der Waals surface area (Å²) in [6, 6.07) is 16.4. The van der Waals surface area contributed by atoms with Gasteiger partial charge in [-0.2, -0.15) is 0 Å². The Morgan fingerprint density at radius 1 is 1.11 bits per heavy atom. The highest BCUT2D eigenvalue weighted by Crippen LogP contribution is 2.41. The van der Waals surface area contributed by atoms with Gasteiger partial charge in [0.1, 0.15) is 24.6 Å². The van der Waals surface area contributed by atoms with Crippen LogP contribution < -0.4 is 26.1 Å². The highest BCUT2D eigenvalue weighted by Gasteiger charge is 2.31. The topological polar surface area (TPSA) is 94.3 Å². The summed E-state index contributed by atoms with van der Waals surface area (Å²) in [5.41, 5.74) is 10.9. The van der Waals surface area contributed by atoms with Crippen LogP contribution in [-0.4, -0.2) is 19.1 Å². The minimum Gasteiger partial charge on any atom is -0.550 e. The van der Waals surface area contributed by atoms with Crippen molar-refractivity contribution in [2.75, 3.05) is 24.1 Å². The van der Waals surface area contributed by atoms with Crippen molar-refractivity contribution in [2.45, 2.75) is 58.3 Å². The first-order valence-corrected chi connectivity index (χ1v) is 12.4. The molecule has 4 rings (SSSR count). The van der Waals surface area contributed by atoms with E-state index in [0.717, 1.165) is 71.9 Å². The highest BCUT2D eigenvalue weighted by molar-refractivity contribution is 5.69. The molecule has 2 aliphatic carbocycles. The maximum absolute atomic E-state index is 10.6. The standard InChI is InChI=1S/C29H35N3O3/c1-4-32(15-7-5-6-8-28(33)34)24-14-9-20-16-25-27(35-26(20)18-24)17-23(19-29(25,2)3)31-22-12-10-21(30)11-13-22/h9-14,16-18H,4-8,15,19,30H2,1-3H3,(H,33,34). The van der Waals surface area contributed by atoms with Crippen LogP contribution in [0, 0.1) is 0 Å². The molecular formula is C29H35N3O3. The number of nitrogens with two attached hydrogens (primary N) is 1. The van der Waals surface area contributed by atoms with E-state index in [1.54, 1.807) is 0 Å². The van der Waals surface area contributed by atoms with Gasteiger partial charge < -0.3 is 25.4 Å². The van der Waals surface area contributed by atoms with Crippen molar-refractivity contribution in [3.05, 3.63) is 70.9 Å². The number of anilines is 2. The third kappa shape index (κ3) is 5.94. The average molecular weight is 474 g/mol. The minimum atomic E-state index is -0.971. The number of carbonyl (C=O) groups is 1. The fourth-order valence-corrected chi connectivity index (χ4v) is 4.79. The zero-order valence-corrected chi connectivity index (χ0v) is 20.9. The molecule has 35 heavy (non-hydrogen) atoms. The Balaban J connectivity index is 1.63. The molecule has 0 saturated heterocycles. The first kappa shape index (κ1) is 24.6. The summed E-state index contributed by atoms with van der Waals surface area (Å²) < 4.78 is 8.78. The second-order valence-electron chi connectivity index (χ2n) is 9.99. The maximum Gasteiger partial charge on any atom is 0.203 e. The van der Waals surface area contributed by atoms with Gasteiger partial charge in [0, 0.05) is 52.7 Å². The van der Waals surface area contributed by atoms with Crippen molar-refractivity contribution in [3.8, 4) is 11.3 Å². The van der Waals surface area contributed by atoms with Gasteiger partial charge in [0.2, 0.25) is 5.36 Å². The smallest absolute Gasteiger partial charge is 0.203 e. The molecule has 6 heteroatoms. The van der Waals surface area contributed by atoms with Gasteiger partial charge in [0.05, 0.1) is 6.07 Å². The van der Waals surface area contributed by atoms with Gasteiger partial charge in [0.25, 0.3) is 0 Å². The summed E-state index contributed by atoms with van der Waals surface area (Å²) in [4.78, 5) is 10.6. The second kappa shape index (κ2) is 10.4. The second-order valence-corrected chi connectivity index (χ2v) is 9.99. The normalized spacial score (nSPS) is 15.3. The van der Waals surface area contributed by atoms with Crippen LogP contribution >= 0.6 is 0 Å². The van der Waals surface area contributed by atoms with Crippen LogP contribution in [0.5, 0.6) is 0 Å². The van der Waals surface area contributed by atoms with Crippen LogP contribution in [0.2, 0.25) is 0 Å². The first-order chi connectivity index (χ1) is 16.7. The summed E-state index contributed by atoms with van der Waals surface area (Å²) in [7, 11) is 0. The van der Waals surface area contributed by atoms with E-state index in [2.05, 4.69) is 61.0 Å². The summed E-state index contributed by atoms with van der Waals surface area (Å²) in [6.07, 6.45) is 5.60. The molecule has 0 saturated carbocycles. The number of nitrogen functional groups attached to an aromatic ring is 1. The number of allylic oxidation sites excluding steroid dienone is 1. The van der Waals surface area contributed by atoms with E-state index in [0.29, 0.717) is 6.42 Å². The van der Waals surface area contributed by atoms with Crippen molar-refractivity contribution in [2.24, 2.45) is 0 Å². The van der Waals surface area contributed by atoms with Crippen molar-refractivity contribution >= 4 is 23.4 Å². The molecule has 0 aromatic heterocycles. The van der Waals surface area contributed by atoms with Crippen LogP contribution in [0.15, 0.2) is 58.6 Å². The summed E-state index contributed by atoms with van der Waals surface area (Å²) in [6.45, 7) is 8.38. The van der Waals surface area contributed by atoms with Crippen LogP contribution in [0.25, 0.3) is 17.4 Å². The minimum absolute atomic E-state index is 0.0719. The number of unbranched alkanes of at least 4 members (excludes halogenated alkanes) is 2. The molecule has 1 aromatic carbocycles. The number of nitrogens with one attached hydrogen (secondary N) is 1. The number of rotatable bonds is 9. The molecule has 6 nitrogen and oxygen atoms in total. The molecule has 3 N–H and O–H groups in total. The van der Waals surface area contributed by atoms with Gasteiger partial charge in [-0.25, -0.2) is 4.58 Å². The molecular weight excluding hydrogens is 438 g/mol. The summed E-state index contributed by atoms with van der Waals surface area (Å²) >= 11 is 0. The molecule has 1 aromatic rings. The van der Waals surface area contributed by atoms with E-state index in [1.165, 1.54) is 5.56 Å². The molecule has 0 bridgehead atoms. The van der Waals surface area contributed by atoms with E-state index in [1.807, 2.05) is 24.3 Å². The molecule has 0 amide bonds. The Morgan fingerprint density at radius 2 is 1.89 bits per heavy atom. The van der Waals surface area contributed by atoms with E-state index in [-0.39, 0.29) is 11.8 Å². The number of nitrogens with zero attached hydrogens (tertiary/aromatic N) is 1. The van der Waals surface area contributed by atoms with Crippen molar-refractivity contribution in [3.63, 3.8) is 0 Å². The lowest BCUT2D eigenvalue weighted by molar-refractivity contribution is -0.305. The molecule has 184 valence electrons. The fourth-order valence-electron chi connectivity index (χ4n) is 4.79. The van der Waals surface area contributed by atoms with E-state index < -0.39 is 5.97 Å².